The van der Waals surface area contributed by atoms with Gasteiger partial charge in [0.2, 0.25) is 0 Å². The number of nitrogens with zero attached hydrogens (tertiary/aromatic N) is 2. The van der Waals surface area contributed by atoms with Gasteiger partial charge in [-0.15, -0.1) is 0 Å². The number of amides is 1. The number of Topliss-reactive ketones (excluding diaryl/α,β-unsaturated/α-hetero) is 1. The zero-order valence-electron chi connectivity index (χ0n) is 19.0. The number of ketones is 1. The van der Waals surface area contributed by atoms with Crippen LogP contribution in [0, 0.1) is 0 Å². The Morgan fingerprint density at radius 1 is 0.938 bits per heavy atom. The number of aliphatic hydroxyl groups excluding tert-OH is 1. The molecule has 0 radical (unpaired) electrons. The summed E-state index contributed by atoms with van der Waals surface area (Å²) in [6.45, 7) is 5.80. The fourth-order valence-electron chi connectivity index (χ4n) is 3.71. The first kappa shape index (κ1) is 23.3. The molecule has 1 heterocycles. The molecule has 7 heteroatoms. The minimum absolute atomic E-state index is 0.0853. The molecule has 3 rings (SSSR count). The Kier molecular flexibility index (Phi) is 7.53. The van der Waals surface area contributed by atoms with E-state index in [-0.39, 0.29) is 11.3 Å². The van der Waals surface area contributed by atoms with Gasteiger partial charge in [0.1, 0.15) is 17.3 Å². The van der Waals surface area contributed by atoms with Crippen LogP contribution >= 0.6 is 0 Å². The summed E-state index contributed by atoms with van der Waals surface area (Å²) >= 11 is 0. The molecular formula is C25H30N2O5. The van der Waals surface area contributed by atoms with Crippen molar-refractivity contribution in [3.63, 3.8) is 0 Å². The summed E-state index contributed by atoms with van der Waals surface area (Å²) in [7, 11) is 3.81. The van der Waals surface area contributed by atoms with Gasteiger partial charge in [0, 0.05) is 18.7 Å². The number of hydrogen-bond donors (Lipinski definition) is 1. The Bertz CT molecular complexity index is 980. The van der Waals surface area contributed by atoms with Gasteiger partial charge in [-0.25, -0.2) is 0 Å². The fourth-order valence-corrected chi connectivity index (χ4v) is 3.71. The van der Waals surface area contributed by atoms with Crippen molar-refractivity contribution in [1.29, 1.82) is 0 Å². The van der Waals surface area contributed by atoms with Gasteiger partial charge in [0.15, 0.2) is 0 Å². The lowest BCUT2D eigenvalue weighted by molar-refractivity contribution is -0.140. The van der Waals surface area contributed by atoms with Crippen LogP contribution in [0.15, 0.2) is 54.1 Å². The third-order valence-corrected chi connectivity index (χ3v) is 5.27. The summed E-state index contributed by atoms with van der Waals surface area (Å²) in [5.41, 5.74) is 1.27. The molecule has 2 aromatic rings. The monoisotopic (exact) mass is 438 g/mol. The molecule has 1 amide bonds. The first-order chi connectivity index (χ1) is 15.4. The van der Waals surface area contributed by atoms with Gasteiger partial charge in [0.25, 0.3) is 11.7 Å². The third kappa shape index (κ3) is 4.94. The Hall–Kier alpha value is -3.32. The van der Waals surface area contributed by atoms with E-state index < -0.39 is 17.7 Å². The summed E-state index contributed by atoms with van der Waals surface area (Å²) in [4.78, 5) is 29.4. The third-order valence-electron chi connectivity index (χ3n) is 5.27. The molecule has 0 bridgehead atoms. The summed E-state index contributed by atoms with van der Waals surface area (Å²) in [6, 6.07) is 13.4. The SMILES string of the molecule is CCOc1ccc(/C(O)=C2\C(=O)C(=O)N(CCN(C)C)[C@H]2c2ccc(OCC)cc2)cc1. The maximum Gasteiger partial charge on any atom is 0.295 e. The van der Waals surface area contributed by atoms with Gasteiger partial charge in [-0.2, -0.15) is 0 Å². The number of carbonyl (C=O) groups is 2. The molecule has 7 nitrogen and oxygen atoms in total. The number of aliphatic hydroxyl groups is 1. The van der Waals surface area contributed by atoms with Crippen LogP contribution in [0.5, 0.6) is 11.5 Å². The molecule has 1 saturated heterocycles. The van der Waals surface area contributed by atoms with Crippen molar-refractivity contribution >= 4 is 17.4 Å². The van der Waals surface area contributed by atoms with E-state index >= 15 is 0 Å². The van der Waals surface area contributed by atoms with Crippen molar-refractivity contribution in [2.24, 2.45) is 0 Å². The van der Waals surface area contributed by atoms with Crippen molar-refractivity contribution in [3.05, 3.63) is 65.2 Å². The van der Waals surface area contributed by atoms with Crippen LogP contribution in [-0.4, -0.2) is 67.0 Å². The van der Waals surface area contributed by atoms with Crippen LogP contribution in [0.3, 0.4) is 0 Å². The maximum absolute atomic E-state index is 13.0. The number of benzene rings is 2. The summed E-state index contributed by atoms with van der Waals surface area (Å²) in [6.07, 6.45) is 0. The Morgan fingerprint density at radius 3 is 1.97 bits per heavy atom. The van der Waals surface area contributed by atoms with Crippen LogP contribution in [-0.2, 0) is 9.59 Å². The molecule has 0 aliphatic carbocycles. The minimum Gasteiger partial charge on any atom is -0.507 e. The quantitative estimate of drug-likeness (QED) is 0.367. The van der Waals surface area contributed by atoms with Crippen LogP contribution in [0.1, 0.15) is 31.0 Å². The molecule has 0 spiro atoms. The smallest absolute Gasteiger partial charge is 0.295 e. The average molecular weight is 439 g/mol. The van der Waals surface area contributed by atoms with Crippen LogP contribution in [0.2, 0.25) is 0 Å². The lowest BCUT2D eigenvalue weighted by Gasteiger charge is -2.26. The lowest BCUT2D eigenvalue weighted by atomic mass is 9.95. The highest BCUT2D eigenvalue weighted by atomic mass is 16.5. The number of likely N-dealkylation sites (tertiary alicyclic amines) is 1. The largest absolute Gasteiger partial charge is 0.507 e. The molecule has 32 heavy (non-hydrogen) atoms. The second-order valence-corrected chi connectivity index (χ2v) is 7.76. The summed E-state index contributed by atoms with van der Waals surface area (Å²) in [5.74, 6) is -0.128. The molecule has 170 valence electrons. The van der Waals surface area contributed by atoms with Gasteiger partial charge in [-0.3, -0.25) is 9.59 Å². The van der Waals surface area contributed by atoms with Crippen molar-refractivity contribution in [2.45, 2.75) is 19.9 Å². The highest BCUT2D eigenvalue weighted by molar-refractivity contribution is 6.46. The van der Waals surface area contributed by atoms with Gasteiger partial charge >= 0.3 is 0 Å². The highest BCUT2D eigenvalue weighted by Crippen LogP contribution is 2.39. The topological polar surface area (TPSA) is 79.3 Å². The Balaban J connectivity index is 2.06. The predicted molar refractivity (Wildman–Crippen MR) is 123 cm³/mol. The summed E-state index contributed by atoms with van der Waals surface area (Å²) in [5, 5.41) is 11.1. The molecule has 0 unspecified atom stereocenters. The van der Waals surface area contributed by atoms with Crippen molar-refractivity contribution in [1.82, 2.24) is 9.80 Å². The van der Waals surface area contributed by atoms with Crippen molar-refractivity contribution < 1.29 is 24.2 Å². The van der Waals surface area contributed by atoms with Gasteiger partial charge in [-0.1, -0.05) is 12.1 Å². The van der Waals surface area contributed by atoms with Gasteiger partial charge in [-0.05, 0) is 69.9 Å². The zero-order chi connectivity index (χ0) is 23.3. The number of ether oxygens (including phenoxy) is 2. The highest BCUT2D eigenvalue weighted by Gasteiger charge is 2.45. The van der Waals surface area contributed by atoms with E-state index in [4.69, 9.17) is 9.47 Å². The molecule has 1 aliphatic heterocycles. The number of likely N-dealkylation sites (N-methyl/N-ethyl adjacent to an activating group) is 1. The van der Waals surface area contributed by atoms with Crippen LogP contribution in [0.25, 0.3) is 5.76 Å². The Labute approximate surface area is 188 Å². The van der Waals surface area contributed by atoms with E-state index in [1.165, 1.54) is 4.90 Å². The number of rotatable bonds is 9. The second kappa shape index (κ2) is 10.3. The van der Waals surface area contributed by atoms with E-state index in [1.807, 2.05) is 57.1 Å². The van der Waals surface area contributed by atoms with Crippen molar-refractivity contribution in [2.75, 3.05) is 40.4 Å². The average Bonchev–Trinajstić information content (AvgIpc) is 3.03. The standard InChI is InChI=1S/C25H30N2O5/c1-5-31-19-11-7-17(8-12-19)22-21(24(29)25(30)27(22)16-15-26(3)4)23(28)18-9-13-20(14-10-18)32-6-2/h7-14,22,28H,5-6,15-16H2,1-4H3/b23-21+/t22-/m0/s1. The lowest BCUT2D eigenvalue weighted by Crippen LogP contribution is -2.35. The molecular weight excluding hydrogens is 408 g/mol. The van der Waals surface area contributed by atoms with E-state index in [9.17, 15) is 14.7 Å². The van der Waals surface area contributed by atoms with Crippen molar-refractivity contribution in [3.8, 4) is 11.5 Å². The molecule has 1 N–H and O–H groups in total. The maximum atomic E-state index is 13.0. The normalized spacial score (nSPS) is 17.8. The van der Waals surface area contributed by atoms with Crippen LogP contribution < -0.4 is 9.47 Å². The Morgan fingerprint density at radius 2 is 1.47 bits per heavy atom. The van der Waals surface area contributed by atoms with E-state index in [0.717, 1.165) is 5.56 Å². The second-order valence-electron chi connectivity index (χ2n) is 7.76. The molecule has 1 fully saturated rings. The molecule has 0 aromatic heterocycles. The first-order valence-electron chi connectivity index (χ1n) is 10.8. The number of hydrogen-bond acceptors (Lipinski definition) is 6. The van der Waals surface area contributed by atoms with E-state index in [0.29, 0.717) is 43.4 Å². The minimum atomic E-state index is -0.686. The van der Waals surface area contributed by atoms with E-state index in [1.54, 1.807) is 24.3 Å². The summed E-state index contributed by atoms with van der Waals surface area (Å²) < 4.78 is 11.0. The molecule has 2 aromatic carbocycles. The molecule has 0 saturated carbocycles. The molecule has 1 aliphatic rings. The first-order valence-corrected chi connectivity index (χ1v) is 10.8. The molecule has 1 atom stereocenters. The van der Waals surface area contributed by atoms with E-state index in [2.05, 4.69) is 0 Å². The van der Waals surface area contributed by atoms with Crippen LogP contribution in [0.4, 0.5) is 0 Å². The zero-order valence-corrected chi connectivity index (χ0v) is 19.0. The fraction of sp³-hybridized carbons (Fsp3) is 0.360. The number of carbonyl (C=O) groups excluding carboxylic acids is 2. The van der Waals surface area contributed by atoms with Gasteiger partial charge in [0.05, 0.1) is 24.8 Å². The van der Waals surface area contributed by atoms with Gasteiger partial charge < -0.3 is 24.4 Å². The predicted octanol–water partition coefficient (Wildman–Crippen LogP) is 3.47.